The van der Waals surface area contributed by atoms with Crippen molar-refractivity contribution in [2.45, 2.75) is 50.6 Å². The van der Waals surface area contributed by atoms with Crippen LogP contribution in [0.3, 0.4) is 0 Å². The van der Waals surface area contributed by atoms with Crippen molar-refractivity contribution < 1.29 is 29.4 Å². The number of carboxylic acids is 2. The molecule has 0 aliphatic rings. The Labute approximate surface area is 139 Å². The van der Waals surface area contributed by atoms with Crippen molar-refractivity contribution in [3.05, 3.63) is 0 Å². The van der Waals surface area contributed by atoms with Gasteiger partial charge in [-0.1, -0.05) is 0 Å². The van der Waals surface area contributed by atoms with Crippen molar-refractivity contribution in [2.24, 2.45) is 17.2 Å². The summed E-state index contributed by atoms with van der Waals surface area (Å²) in [6.45, 7) is 0.545. The highest BCUT2D eigenvalue weighted by Crippen LogP contribution is 2.08. The molecule has 0 saturated heterocycles. The molecule has 0 spiro atoms. The van der Waals surface area contributed by atoms with Crippen LogP contribution in [0.25, 0.3) is 0 Å². The number of carbonyl (C=O) groups excluding carboxylic acids is 2. The van der Waals surface area contributed by atoms with Gasteiger partial charge >= 0.3 is 11.9 Å². The first kappa shape index (κ1) is 22.0. The summed E-state index contributed by atoms with van der Waals surface area (Å²) in [5.74, 6) is -3.54. The Hall–Kier alpha value is -2.04. The van der Waals surface area contributed by atoms with E-state index in [2.05, 4.69) is 0 Å². The third-order valence-corrected chi connectivity index (χ3v) is 3.41. The van der Waals surface area contributed by atoms with Gasteiger partial charge in [-0.2, -0.15) is 0 Å². The molecule has 10 heteroatoms. The summed E-state index contributed by atoms with van der Waals surface area (Å²) >= 11 is 0. The zero-order valence-corrected chi connectivity index (χ0v) is 13.5. The quantitative estimate of drug-likeness (QED) is 0.261. The van der Waals surface area contributed by atoms with Gasteiger partial charge < -0.3 is 27.4 Å². The lowest BCUT2D eigenvalue weighted by Gasteiger charge is -2.22. The van der Waals surface area contributed by atoms with Crippen LogP contribution in [0.1, 0.15) is 38.5 Å². The molecule has 0 aliphatic heterocycles. The van der Waals surface area contributed by atoms with Gasteiger partial charge in [0.15, 0.2) is 0 Å². The molecule has 138 valence electrons. The molecular weight excluding hydrogens is 320 g/mol. The van der Waals surface area contributed by atoms with E-state index in [-0.39, 0.29) is 32.2 Å². The van der Waals surface area contributed by atoms with Crippen LogP contribution in [0.2, 0.25) is 0 Å². The van der Waals surface area contributed by atoms with Crippen molar-refractivity contribution in [1.29, 1.82) is 0 Å². The first-order valence-corrected chi connectivity index (χ1v) is 7.70. The van der Waals surface area contributed by atoms with Crippen molar-refractivity contribution in [3.63, 3.8) is 0 Å². The highest BCUT2D eigenvalue weighted by molar-refractivity contribution is 5.95. The van der Waals surface area contributed by atoms with Gasteiger partial charge in [0.25, 0.3) is 0 Å². The van der Waals surface area contributed by atoms with Gasteiger partial charge in [-0.3, -0.25) is 24.1 Å². The van der Waals surface area contributed by atoms with Crippen molar-refractivity contribution in [2.75, 3.05) is 13.1 Å². The summed E-state index contributed by atoms with van der Waals surface area (Å²) < 4.78 is 0. The van der Waals surface area contributed by atoms with Crippen LogP contribution in [0.4, 0.5) is 0 Å². The largest absolute Gasteiger partial charge is 0.480 e. The van der Waals surface area contributed by atoms with Crippen molar-refractivity contribution in [3.8, 4) is 0 Å². The van der Waals surface area contributed by atoms with Crippen molar-refractivity contribution in [1.82, 2.24) is 4.90 Å². The minimum atomic E-state index is -1.23. The number of nitrogens with two attached hydrogens (primary N) is 3. The lowest BCUT2D eigenvalue weighted by molar-refractivity contribution is -0.145. The fraction of sp³-hybridized carbons (Fsp3) is 0.714. The Morgan fingerprint density at radius 2 is 1.25 bits per heavy atom. The second-order valence-corrected chi connectivity index (χ2v) is 5.40. The molecule has 0 aromatic carbocycles. The molecule has 0 rings (SSSR count). The molecule has 0 bridgehead atoms. The number of nitrogens with zero attached hydrogens (tertiary/aromatic N) is 1. The van der Waals surface area contributed by atoms with E-state index in [1.165, 1.54) is 0 Å². The van der Waals surface area contributed by atoms with Gasteiger partial charge in [-0.15, -0.1) is 0 Å². The zero-order valence-electron chi connectivity index (χ0n) is 13.5. The average molecular weight is 346 g/mol. The molecule has 0 unspecified atom stereocenters. The number of rotatable bonds is 12. The molecule has 0 aromatic heterocycles. The van der Waals surface area contributed by atoms with Crippen LogP contribution in [-0.4, -0.2) is 64.0 Å². The van der Waals surface area contributed by atoms with Crippen LogP contribution >= 0.6 is 0 Å². The monoisotopic (exact) mass is 346 g/mol. The standard InChI is InChI=1S/C14H26N4O6/c15-7-1-2-8-18(11(19)5-3-9(16)13(21)22)12(20)6-4-10(17)14(23)24/h9-10H,1-8,15-17H2,(H,21,22)(H,23,24)/t9-,10-/m0/s1. The predicted octanol–water partition coefficient (Wildman–Crippen LogP) is -1.54. The van der Waals surface area contributed by atoms with E-state index in [9.17, 15) is 19.2 Å². The number of carboxylic acid groups (broad SMARTS) is 2. The van der Waals surface area contributed by atoms with Gasteiger partial charge in [0.1, 0.15) is 12.1 Å². The molecule has 0 aliphatic carbocycles. The number of carbonyl (C=O) groups is 4. The third kappa shape index (κ3) is 8.56. The molecule has 8 N–H and O–H groups in total. The normalized spacial score (nSPS) is 13.1. The van der Waals surface area contributed by atoms with E-state index in [1.807, 2.05) is 0 Å². The molecule has 0 saturated carbocycles. The Bertz CT molecular complexity index is 421. The Morgan fingerprint density at radius 1 is 0.833 bits per heavy atom. The summed E-state index contributed by atoms with van der Waals surface area (Å²) in [7, 11) is 0. The maximum absolute atomic E-state index is 12.2. The maximum Gasteiger partial charge on any atom is 0.320 e. The SMILES string of the molecule is NCCCCN(C(=O)CC[C@H](N)C(=O)O)C(=O)CC[C@H](N)C(=O)O. The molecule has 0 radical (unpaired) electrons. The predicted molar refractivity (Wildman–Crippen MR) is 84.7 cm³/mol. The lowest BCUT2D eigenvalue weighted by atomic mass is 10.1. The molecule has 2 atom stereocenters. The first-order chi connectivity index (χ1) is 11.2. The highest BCUT2D eigenvalue weighted by Gasteiger charge is 2.24. The second-order valence-electron chi connectivity index (χ2n) is 5.40. The molecular formula is C14H26N4O6. The molecule has 0 fully saturated rings. The average Bonchev–Trinajstić information content (AvgIpc) is 2.53. The zero-order chi connectivity index (χ0) is 18.7. The number of aliphatic carboxylic acids is 2. The van der Waals surface area contributed by atoms with E-state index in [0.717, 1.165) is 4.90 Å². The lowest BCUT2D eigenvalue weighted by Crippen LogP contribution is -2.40. The first-order valence-electron chi connectivity index (χ1n) is 7.70. The molecule has 10 nitrogen and oxygen atoms in total. The summed E-state index contributed by atoms with van der Waals surface area (Å²) in [5, 5.41) is 17.4. The number of amides is 2. The fourth-order valence-electron chi connectivity index (χ4n) is 1.88. The summed E-state index contributed by atoms with van der Waals surface area (Å²) in [6.07, 6.45) is 0.552. The summed E-state index contributed by atoms with van der Waals surface area (Å²) in [5.41, 5.74) is 16.1. The molecule has 0 aromatic rings. The number of hydrogen-bond acceptors (Lipinski definition) is 7. The smallest absolute Gasteiger partial charge is 0.320 e. The van der Waals surface area contributed by atoms with Crippen LogP contribution in [-0.2, 0) is 19.2 Å². The van der Waals surface area contributed by atoms with E-state index in [1.54, 1.807) is 0 Å². The number of unbranched alkanes of at least 4 members (excludes halogenated alkanes) is 1. The van der Waals surface area contributed by atoms with E-state index < -0.39 is 35.8 Å². The number of hydrogen-bond donors (Lipinski definition) is 5. The highest BCUT2D eigenvalue weighted by atomic mass is 16.4. The van der Waals surface area contributed by atoms with Crippen LogP contribution in [0.15, 0.2) is 0 Å². The van der Waals surface area contributed by atoms with E-state index in [0.29, 0.717) is 19.4 Å². The Kier molecular flexibility index (Phi) is 10.5. The van der Waals surface area contributed by atoms with Crippen LogP contribution < -0.4 is 17.2 Å². The molecule has 24 heavy (non-hydrogen) atoms. The minimum Gasteiger partial charge on any atom is -0.480 e. The molecule has 2 amide bonds. The summed E-state index contributed by atoms with van der Waals surface area (Å²) in [6, 6.07) is -2.37. The van der Waals surface area contributed by atoms with Crippen LogP contribution in [0.5, 0.6) is 0 Å². The maximum atomic E-state index is 12.2. The Balaban J connectivity index is 4.69. The van der Waals surface area contributed by atoms with Gasteiger partial charge in [0.2, 0.25) is 11.8 Å². The van der Waals surface area contributed by atoms with Crippen LogP contribution in [0, 0.1) is 0 Å². The minimum absolute atomic E-state index is 0.0938. The van der Waals surface area contributed by atoms with Gasteiger partial charge in [-0.05, 0) is 32.2 Å². The number of imide groups is 1. The van der Waals surface area contributed by atoms with Gasteiger partial charge in [-0.25, -0.2) is 0 Å². The molecule has 0 heterocycles. The van der Waals surface area contributed by atoms with Gasteiger partial charge in [0, 0.05) is 19.4 Å². The fourth-order valence-corrected chi connectivity index (χ4v) is 1.88. The Morgan fingerprint density at radius 3 is 1.58 bits per heavy atom. The van der Waals surface area contributed by atoms with E-state index in [4.69, 9.17) is 27.4 Å². The van der Waals surface area contributed by atoms with Crippen molar-refractivity contribution >= 4 is 23.8 Å². The summed E-state index contributed by atoms with van der Waals surface area (Å²) in [4.78, 5) is 46.7. The van der Waals surface area contributed by atoms with E-state index >= 15 is 0 Å². The topological polar surface area (TPSA) is 190 Å². The van der Waals surface area contributed by atoms with Gasteiger partial charge in [0.05, 0.1) is 0 Å². The second kappa shape index (κ2) is 11.5. The third-order valence-electron chi connectivity index (χ3n) is 3.41.